The molecule has 0 aromatic heterocycles. The van der Waals surface area contributed by atoms with Crippen LogP contribution in [-0.2, 0) is 23.6 Å². The van der Waals surface area contributed by atoms with Crippen molar-refractivity contribution in [2.45, 2.75) is 70.4 Å². The van der Waals surface area contributed by atoms with Crippen LogP contribution < -0.4 is 0 Å². The quantitative estimate of drug-likeness (QED) is 0.137. The van der Waals surface area contributed by atoms with E-state index in [4.69, 9.17) is 13.6 Å². The highest BCUT2D eigenvalue weighted by Crippen LogP contribution is 2.55. The van der Waals surface area contributed by atoms with Crippen LogP contribution in [0.5, 0.6) is 0 Å². The molecular formula is C22H28F9O5P. The minimum Gasteiger partial charge on any atom is -0.294 e. The van der Waals surface area contributed by atoms with Crippen LogP contribution in [0.1, 0.15) is 57.0 Å². The van der Waals surface area contributed by atoms with Crippen LogP contribution >= 0.6 is 7.82 Å². The van der Waals surface area contributed by atoms with Crippen molar-refractivity contribution < 1.29 is 62.4 Å². The summed E-state index contributed by atoms with van der Waals surface area (Å²) in [5.41, 5.74) is -0.0917. The van der Waals surface area contributed by atoms with E-state index in [9.17, 15) is 48.9 Å². The van der Waals surface area contributed by atoms with E-state index < -0.39 is 61.9 Å². The third-order valence-corrected chi connectivity index (χ3v) is 6.74. The number of halogens is 9. The van der Waals surface area contributed by atoms with Crippen LogP contribution in [-0.4, -0.2) is 49.5 Å². The Hall–Kier alpha value is -1.63. The van der Waals surface area contributed by atoms with Crippen molar-refractivity contribution in [2.24, 2.45) is 5.92 Å². The third-order valence-electron chi connectivity index (χ3n) is 5.13. The van der Waals surface area contributed by atoms with E-state index in [2.05, 4.69) is 0 Å². The minimum atomic E-state index is -7.13. The fourth-order valence-electron chi connectivity index (χ4n) is 3.05. The van der Waals surface area contributed by atoms with E-state index >= 15 is 0 Å². The lowest BCUT2D eigenvalue weighted by molar-refractivity contribution is -0.397. The standard InChI is InChI=1S/C22H28F9O5P/c1-6-34-37(33,35-7-2)36-13-15(17(32)14-8-10-16(11-9-14)18(3,4)5)12-19(23,24)20(25,26)21(27,28)22(29,30)31/h8-11,15H,6-7,12-13H2,1-5H3. The average Bonchev–Trinajstić information content (AvgIpc) is 2.75. The first-order valence-electron chi connectivity index (χ1n) is 10.9. The van der Waals surface area contributed by atoms with Gasteiger partial charge in [-0.15, -0.1) is 0 Å². The van der Waals surface area contributed by atoms with Gasteiger partial charge in [0.1, 0.15) is 0 Å². The number of alkyl halides is 9. The molecule has 1 rings (SSSR count). The normalized spacial score (nSPS) is 15.1. The predicted octanol–water partition coefficient (Wildman–Crippen LogP) is 7.84. The smallest absolute Gasteiger partial charge is 0.294 e. The fourth-order valence-corrected chi connectivity index (χ4v) is 4.27. The fraction of sp³-hybridized carbons (Fsp3) is 0.682. The summed E-state index contributed by atoms with van der Waals surface area (Å²) < 4.78 is 148. The van der Waals surface area contributed by atoms with E-state index in [-0.39, 0.29) is 18.8 Å². The summed E-state index contributed by atoms with van der Waals surface area (Å²) in [6, 6.07) is 5.12. The molecule has 0 radical (unpaired) electrons. The Morgan fingerprint density at radius 1 is 0.811 bits per heavy atom. The van der Waals surface area contributed by atoms with Gasteiger partial charge in [0.25, 0.3) is 0 Å². The number of rotatable bonds is 13. The first kappa shape index (κ1) is 33.4. The SMILES string of the molecule is CCOP(=O)(OCC)OCC(CC(F)(F)C(F)(F)C(F)(F)C(F)(F)F)C(=O)c1ccc(C(C)(C)C)cc1. The molecule has 0 amide bonds. The van der Waals surface area contributed by atoms with Crippen LogP contribution in [0.15, 0.2) is 24.3 Å². The molecule has 1 aromatic carbocycles. The van der Waals surface area contributed by atoms with E-state index in [1.54, 1.807) is 0 Å². The molecule has 1 aromatic rings. The molecule has 0 fully saturated rings. The topological polar surface area (TPSA) is 61.8 Å². The maximum Gasteiger partial charge on any atom is 0.474 e. The van der Waals surface area contributed by atoms with Crippen molar-refractivity contribution in [1.29, 1.82) is 0 Å². The number of hydrogen-bond acceptors (Lipinski definition) is 5. The van der Waals surface area contributed by atoms with E-state index in [1.807, 2.05) is 20.8 Å². The molecule has 0 spiro atoms. The zero-order chi connectivity index (χ0) is 29.1. The molecule has 0 bridgehead atoms. The Labute approximate surface area is 208 Å². The van der Waals surface area contributed by atoms with Gasteiger partial charge in [-0.25, -0.2) is 4.57 Å². The highest BCUT2D eigenvalue weighted by molar-refractivity contribution is 7.48. The molecule has 0 aliphatic rings. The molecule has 0 aliphatic carbocycles. The summed E-state index contributed by atoms with van der Waals surface area (Å²) >= 11 is 0. The Bertz CT molecular complexity index is 947. The zero-order valence-electron chi connectivity index (χ0n) is 20.6. The van der Waals surface area contributed by atoms with E-state index in [1.165, 1.54) is 26.0 Å². The minimum absolute atomic E-state index is 0.295. The van der Waals surface area contributed by atoms with Crippen LogP contribution in [0.25, 0.3) is 0 Å². The molecule has 37 heavy (non-hydrogen) atoms. The summed E-state index contributed by atoms with van der Waals surface area (Å²) in [5.74, 6) is -23.9. The van der Waals surface area contributed by atoms with Crippen LogP contribution in [0, 0.1) is 5.92 Å². The summed E-state index contributed by atoms with van der Waals surface area (Å²) in [6.07, 6.45) is -9.51. The molecule has 0 saturated carbocycles. The second kappa shape index (κ2) is 11.6. The van der Waals surface area contributed by atoms with Gasteiger partial charge in [0.05, 0.1) is 25.7 Å². The van der Waals surface area contributed by atoms with Gasteiger partial charge in [0, 0.05) is 12.0 Å². The average molecular weight is 574 g/mol. The zero-order valence-corrected chi connectivity index (χ0v) is 21.5. The molecular weight excluding hydrogens is 546 g/mol. The van der Waals surface area contributed by atoms with Gasteiger partial charge in [-0.1, -0.05) is 45.0 Å². The summed E-state index contributed by atoms with van der Waals surface area (Å²) in [6.45, 7) is 6.13. The Morgan fingerprint density at radius 2 is 1.27 bits per heavy atom. The molecule has 1 unspecified atom stereocenters. The number of phosphoric ester groups is 1. The van der Waals surface area contributed by atoms with E-state index in [0.29, 0.717) is 5.56 Å². The highest BCUT2D eigenvalue weighted by atomic mass is 31.2. The number of hydrogen-bond donors (Lipinski definition) is 0. The van der Waals surface area contributed by atoms with E-state index in [0.717, 1.165) is 12.1 Å². The van der Waals surface area contributed by atoms with Crippen LogP contribution in [0.2, 0.25) is 0 Å². The second-order valence-electron chi connectivity index (χ2n) is 9.02. The van der Waals surface area contributed by atoms with Gasteiger partial charge in [0.15, 0.2) is 5.78 Å². The van der Waals surface area contributed by atoms with Gasteiger partial charge < -0.3 is 0 Å². The van der Waals surface area contributed by atoms with Gasteiger partial charge in [0.2, 0.25) is 0 Å². The highest BCUT2D eigenvalue weighted by Gasteiger charge is 2.81. The monoisotopic (exact) mass is 574 g/mol. The summed E-state index contributed by atoms with van der Waals surface area (Å²) in [4.78, 5) is 13.0. The number of carbonyl (C=O) groups is 1. The van der Waals surface area contributed by atoms with Crippen molar-refractivity contribution in [3.05, 3.63) is 35.4 Å². The second-order valence-corrected chi connectivity index (χ2v) is 10.7. The lowest BCUT2D eigenvalue weighted by Gasteiger charge is -2.35. The Balaban J connectivity index is 3.45. The van der Waals surface area contributed by atoms with Crippen molar-refractivity contribution in [2.75, 3.05) is 19.8 Å². The van der Waals surface area contributed by atoms with Crippen LogP contribution in [0.3, 0.4) is 0 Å². The first-order valence-corrected chi connectivity index (χ1v) is 12.4. The number of benzene rings is 1. The predicted molar refractivity (Wildman–Crippen MR) is 115 cm³/mol. The van der Waals surface area contributed by atoms with Crippen molar-refractivity contribution in [3.63, 3.8) is 0 Å². The molecule has 0 saturated heterocycles. The van der Waals surface area contributed by atoms with Crippen molar-refractivity contribution >= 4 is 13.6 Å². The Kier molecular flexibility index (Phi) is 10.5. The van der Waals surface area contributed by atoms with Gasteiger partial charge in [-0.05, 0) is 24.8 Å². The number of phosphoric acid groups is 1. The molecule has 0 N–H and O–H groups in total. The van der Waals surface area contributed by atoms with Gasteiger partial charge in [-0.2, -0.15) is 39.5 Å². The molecule has 1 atom stereocenters. The van der Waals surface area contributed by atoms with Crippen molar-refractivity contribution in [1.82, 2.24) is 0 Å². The number of ketones is 1. The maximum atomic E-state index is 14.4. The molecule has 214 valence electrons. The molecule has 0 heterocycles. The third kappa shape index (κ3) is 7.70. The lowest BCUT2D eigenvalue weighted by Crippen LogP contribution is -2.61. The van der Waals surface area contributed by atoms with Gasteiger partial charge in [-0.3, -0.25) is 18.4 Å². The molecule has 5 nitrogen and oxygen atoms in total. The Morgan fingerprint density at radius 3 is 1.65 bits per heavy atom. The number of Topliss-reactive ketones (excluding diaryl/α,β-unsaturated/α-hetero) is 1. The molecule has 15 heteroatoms. The summed E-state index contributed by atoms with van der Waals surface area (Å²) in [5, 5.41) is 0. The number of carbonyl (C=O) groups excluding carboxylic acids is 1. The largest absolute Gasteiger partial charge is 0.474 e. The van der Waals surface area contributed by atoms with Crippen LogP contribution in [0.4, 0.5) is 39.5 Å². The maximum absolute atomic E-state index is 14.4. The molecule has 0 aliphatic heterocycles. The van der Waals surface area contributed by atoms with Gasteiger partial charge >= 0.3 is 31.8 Å². The summed E-state index contributed by atoms with van der Waals surface area (Å²) in [7, 11) is -4.51. The first-order chi connectivity index (χ1) is 16.6. The lowest BCUT2D eigenvalue weighted by atomic mass is 9.84. The van der Waals surface area contributed by atoms with Crippen molar-refractivity contribution in [3.8, 4) is 0 Å².